The maximum Gasteiger partial charge on any atom is 0.335 e. The summed E-state index contributed by atoms with van der Waals surface area (Å²) in [4.78, 5) is 14.9. The summed E-state index contributed by atoms with van der Waals surface area (Å²) in [6.45, 7) is 1.62. The molecule has 0 bridgehead atoms. The van der Waals surface area contributed by atoms with Crippen LogP contribution in [0.5, 0.6) is 0 Å². The maximum atomic E-state index is 11.8. The van der Waals surface area contributed by atoms with Gasteiger partial charge >= 0.3 is 5.97 Å². The fourth-order valence-corrected chi connectivity index (χ4v) is 2.68. The Morgan fingerprint density at radius 2 is 2.05 bits per heavy atom. The van der Waals surface area contributed by atoms with E-state index in [4.69, 9.17) is 5.11 Å². The molecule has 0 spiro atoms. The third-order valence-corrected chi connectivity index (χ3v) is 3.84. The number of carbonyl (C=O) groups is 1. The molecule has 0 amide bonds. The highest BCUT2D eigenvalue weighted by atomic mass is 32.2. The summed E-state index contributed by atoms with van der Waals surface area (Å²) >= 11 is 0. The number of aromatic carboxylic acids is 1. The van der Waals surface area contributed by atoms with Gasteiger partial charge in [-0.1, -0.05) is 0 Å². The molecule has 0 radical (unpaired) electrons. The van der Waals surface area contributed by atoms with Gasteiger partial charge in [0, 0.05) is 18.6 Å². The van der Waals surface area contributed by atoms with Crippen molar-refractivity contribution >= 4 is 15.8 Å². The molecule has 0 aliphatic rings. The molecule has 0 saturated carbocycles. The van der Waals surface area contributed by atoms with Crippen LogP contribution in [0.4, 0.5) is 0 Å². The number of sulfone groups is 1. The summed E-state index contributed by atoms with van der Waals surface area (Å²) in [6, 6.07) is 2.71. The zero-order chi connectivity index (χ0) is 14.2. The number of hydrogen-bond donors (Lipinski definition) is 1. The molecule has 0 aliphatic heterocycles. The standard InChI is InChI=1S/C12H12N2O4S/c1-8-5-10(14-4-3-13-7-14)11(19(2,17)18)6-9(8)12(15)16/h3-7H,1-2H3,(H,15,16). The molecule has 1 heterocycles. The fourth-order valence-electron chi connectivity index (χ4n) is 1.80. The van der Waals surface area contributed by atoms with E-state index in [0.717, 1.165) is 6.26 Å². The summed E-state index contributed by atoms with van der Waals surface area (Å²) in [5, 5.41) is 9.06. The predicted octanol–water partition coefficient (Wildman–Crippen LogP) is 1.28. The van der Waals surface area contributed by atoms with Crippen LogP contribution in [0.15, 0.2) is 35.7 Å². The first-order valence-electron chi connectivity index (χ1n) is 5.37. The van der Waals surface area contributed by atoms with Crippen molar-refractivity contribution in [2.24, 2.45) is 0 Å². The van der Waals surface area contributed by atoms with Crippen molar-refractivity contribution in [1.82, 2.24) is 9.55 Å². The Morgan fingerprint density at radius 1 is 1.37 bits per heavy atom. The summed E-state index contributed by atoms with van der Waals surface area (Å²) in [5.74, 6) is -1.15. The van der Waals surface area contributed by atoms with Crippen LogP contribution in [0.3, 0.4) is 0 Å². The number of carboxylic acids is 1. The molecule has 2 rings (SSSR count). The minimum Gasteiger partial charge on any atom is -0.478 e. The lowest BCUT2D eigenvalue weighted by molar-refractivity contribution is 0.0696. The third kappa shape index (κ3) is 2.50. The van der Waals surface area contributed by atoms with Gasteiger partial charge in [-0.15, -0.1) is 0 Å². The fraction of sp³-hybridized carbons (Fsp3) is 0.167. The quantitative estimate of drug-likeness (QED) is 0.914. The summed E-state index contributed by atoms with van der Waals surface area (Å²) < 4.78 is 25.2. The van der Waals surface area contributed by atoms with E-state index in [1.807, 2.05) is 0 Å². The lowest BCUT2D eigenvalue weighted by Gasteiger charge is -2.12. The largest absolute Gasteiger partial charge is 0.478 e. The lowest BCUT2D eigenvalue weighted by atomic mass is 10.1. The van der Waals surface area contributed by atoms with Gasteiger partial charge in [0.25, 0.3) is 0 Å². The van der Waals surface area contributed by atoms with Gasteiger partial charge in [-0.2, -0.15) is 0 Å². The van der Waals surface area contributed by atoms with Gasteiger partial charge in [-0.3, -0.25) is 0 Å². The minimum atomic E-state index is -3.54. The van der Waals surface area contributed by atoms with Crippen LogP contribution < -0.4 is 0 Å². The van der Waals surface area contributed by atoms with E-state index >= 15 is 0 Å². The van der Waals surface area contributed by atoms with Crippen LogP contribution in [0.1, 0.15) is 15.9 Å². The van der Waals surface area contributed by atoms with E-state index in [1.54, 1.807) is 13.1 Å². The Labute approximate surface area is 110 Å². The van der Waals surface area contributed by atoms with Crippen LogP contribution in [-0.2, 0) is 9.84 Å². The molecule has 19 heavy (non-hydrogen) atoms. The second kappa shape index (κ2) is 4.51. The molecule has 0 atom stereocenters. The highest BCUT2D eigenvalue weighted by Crippen LogP contribution is 2.24. The number of benzene rings is 1. The van der Waals surface area contributed by atoms with Crippen molar-refractivity contribution in [2.75, 3.05) is 6.26 Å². The number of aromatic nitrogens is 2. The summed E-state index contributed by atoms with van der Waals surface area (Å²) in [7, 11) is -3.54. The monoisotopic (exact) mass is 280 g/mol. The van der Waals surface area contributed by atoms with Crippen LogP contribution in [0.2, 0.25) is 0 Å². The highest BCUT2D eigenvalue weighted by Gasteiger charge is 2.19. The Kier molecular flexibility index (Phi) is 3.15. The number of aryl methyl sites for hydroxylation is 1. The van der Waals surface area contributed by atoms with Gasteiger partial charge in [-0.25, -0.2) is 18.2 Å². The molecule has 0 unspecified atom stereocenters. The number of hydrogen-bond acceptors (Lipinski definition) is 4. The zero-order valence-electron chi connectivity index (χ0n) is 10.4. The molecular weight excluding hydrogens is 268 g/mol. The van der Waals surface area contributed by atoms with Gasteiger partial charge in [0.1, 0.15) is 0 Å². The predicted molar refractivity (Wildman–Crippen MR) is 68.4 cm³/mol. The van der Waals surface area contributed by atoms with Crippen molar-refractivity contribution in [1.29, 1.82) is 0 Å². The zero-order valence-corrected chi connectivity index (χ0v) is 11.2. The topological polar surface area (TPSA) is 89.3 Å². The molecular formula is C12H12N2O4S. The number of imidazole rings is 1. The normalized spacial score (nSPS) is 11.5. The molecule has 7 heteroatoms. The van der Waals surface area contributed by atoms with E-state index in [-0.39, 0.29) is 10.5 Å². The van der Waals surface area contributed by atoms with E-state index in [2.05, 4.69) is 4.98 Å². The van der Waals surface area contributed by atoms with E-state index in [1.165, 1.54) is 29.2 Å². The minimum absolute atomic E-state index is 0.0238. The Morgan fingerprint density at radius 3 is 2.53 bits per heavy atom. The van der Waals surface area contributed by atoms with Crippen LogP contribution >= 0.6 is 0 Å². The molecule has 0 saturated heterocycles. The van der Waals surface area contributed by atoms with Crippen molar-refractivity contribution in [3.63, 3.8) is 0 Å². The smallest absolute Gasteiger partial charge is 0.335 e. The van der Waals surface area contributed by atoms with Gasteiger partial charge in [0.05, 0.1) is 22.5 Å². The Bertz CT molecular complexity index is 733. The van der Waals surface area contributed by atoms with E-state index in [0.29, 0.717) is 11.3 Å². The van der Waals surface area contributed by atoms with Crippen molar-refractivity contribution in [2.45, 2.75) is 11.8 Å². The van der Waals surface area contributed by atoms with Crippen LogP contribution in [-0.4, -0.2) is 35.3 Å². The van der Waals surface area contributed by atoms with Gasteiger partial charge in [0.2, 0.25) is 0 Å². The molecule has 1 N–H and O–H groups in total. The third-order valence-electron chi connectivity index (χ3n) is 2.72. The molecule has 1 aromatic heterocycles. The Balaban J connectivity index is 2.81. The van der Waals surface area contributed by atoms with Crippen LogP contribution in [0, 0.1) is 6.92 Å². The SMILES string of the molecule is Cc1cc(-n2ccnc2)c(S(C)(=O)=O)cc1C(=O)O. The van der Waals surface area contributed by atoms with Crippen LogP contribution in [0.25, 0.3) is 5.69 Å². The number of rotatable bonds is 3. The average molecular weight is 280 g/mol. The maximum absolute atomic E-state index is 11.8. The van der Waals surface area contributed by atoms with Gasteiger partial charge in [-0.05, 0) is 24.6 Å². The van der Waals surface area contributed by atoms with Crippen molar-refractivity contribution in [3.8, 4) is 5.69 Å². The van der Waals surface area contributed by atoms with Gasteiger partial charge in [0.15, 0.2) is 9.84 Å². The lowest BCUT2D eigenvalue weighted by Crippen LogP contribution is -2.09. The first-order valence-corrected chi connectivity index (χ1v) is 7.26. The summed E-state index contributed by atoms with van der Waals surface area (Å²) in [5.41, 5.74) is 0.857. The molecule has 6 nitrogen and oxygen atoms in total. The molecule has 0 fully saturated rings. The number of carboxylic acid groups (broad SMARTS) is 1. The second-order valence-corrected chi connectivity index (χ2v) is 6.17. The first-order chi connectivity index (χ1) is 8.80. The second-order valence-electron chi connectivity index (χ2n) is 4.18. The van der Waals surface area contributed by atoms with E-state index < -0.39 is 15.8 Å². The molecule has 0 aliphatic carbocycles. The molecule has 1 aromatic carbocycles. The Hall–Kier alpha value is -2.15. The number of nitrogens with zero attached hydrogens (tertiary/aromatic N) is 2. The molecule has 2 aromatic rings. The van der Waals surface area contributed by atoms with Crippen molar-refractivity contribution in [3.05, 3.63) is 42.0 Å². The van der Waals surface area contributed by atoms with E-state index in [9.17, 15) is 13.2 Å². The first kappa shape index (κ1) is 13.3. The average Bonchev–Trinajstić information content (AvgIpc) is 2.79. The van der Waals surface area contributed by atoms with Crippen molar-refractivity contribution < 1.29 is 18.3 Å². The van der Waals surface area contributed by atoms with Gasteiger partial charge < -0.3 is 9.67 Å². The summed E-state index contributed by atoms with van der Waals surface area (Å²) in [6.07, 6.45) is 5.63. The highest BCUT2D eigenvalue weighted by molar-refractivity contribution is 7.90. The molecule has 100 valence electrons.